The molecule has 2 heterocycles. The Labute approximate surface area is 104 Å². The zero-order chi connectivity index (χ0) is 13.1. The van der Waals surface area contributed by atoms with Crippen LogP contribution in [0.3, 0.4) is 0 Å². The number of carbonyl (C=O) groups is 1. The first-order valence-corrected chi connectivity index (χ1v) is 5.38. The third-order valence-electron chi connectivity index (χ3n) is 2.44. The quantitative estimate of drug-likeness (QED) is 0.622. The fourth-order valence-electron chi connectivity index (χ4n) is 1.55. The lowest BCUT2D eigenvalue weighted by Crippen LogP contribution is -2.31. The number of allylic oxidation sites excluding steroid dienone is 1. The van der Waals surface area contributed by atoms with Crippen LogP contribution in [0.15, 0.2) is 36.8 Å². The maximum Gasteiger partial charge on any atom is 0.489 e. The van der Waals surface area contributed by atoms with E-state index in [1.165, 1.54) is 23.0 Å². The highest BCUT2D eigenvalue weighted by Crippen LogP contribution is 2.05. The van der Waals surface area contributed by atoms with E-state index in [1.807, 2.05) is 0 Å². The Morgan fingerprint density at radius 1 is 1.50 bits per heavy atom. The van der Waals surface area contributed by atoms with Crippen LogP contribution in [0.1, 0.15) is 17.4 Å². The maximum absolute atomic E-state index is 11.8. The number of hydrogen-bond acceptors (Lipinski definition) is 4. The number of nitrogens with one attached hydrogen (secondary N) is 1. The van der Waals surface area contributed by atoms with Gasteiger partial charge in [0.15, 0.2) is 0 Å². The summed E-state index contributed by atoms with van der Waals surface area (Å²) in [6, 6.07) is 3.15. The van der Waals surface area contributed by atoms with Crippen LogP contribution < -0.4 is 10.8 Å². The van der Waals surface area contributed by atoms with Crippen LogP contribution in [-0.4, -0.2) is 32.5 Å². The number of imidazole rings is 1. The first-order valence-electron chi connectivity index (χ1n) is 5.38. The largest absolute Gasteiger partial charge is 0.489 e. The van der Waals surface area contributed by atoms with Crippen molar-refractivity contribution in [2.24, 2.45) is 0 Å². The number of fused-ring (bicyclic) bond motifs is 1. The Bertz CT molecular complexity index is 607. The van der Waals surface area contributed by atoms with E-state index in [9.17, 15) is 4.79 Å². The van der Waals surface area contributed by atoms with E-state index in [-0.39, 0.29) is 5.91 Å². The van der Waals surface area contributed by atoms with Gasteiger partial charge in [-0.15, -0.1) is 0 Å². The second-order valence-corrected chi connectivity index (χ2v) is 3.68. The summed E-state index contributed by atoms with van der Waals surface area (Å²) in [6.07, 6.45) is 6.12. The second kappa shape index (κ2) is 5.03. The summed E-state index contributed by atoms with van der Waals surface area (Å²) in [7, 11) is -1.58. The molecule has 0 fully saturated rings. The summed E-state index contributed by atoms with van der Waals surface area (Å²) in [4.78, 5) is 15.9. The topological polar surface area (TPSA) is 86.9 Å². The minimum absolute atomic E-state index is 0.292. The van der Waals surface area contributed by atoms with Crippen molar-refractivity contribution in [1.82, 2.24) is 14.7 Å². The van der Waals surface area contributed by atoms with E-state index in [1.54, 1.807) is 25.1 Å². The molecule has 1 amide bonds. The molecular weight excluding hydrogens is 233 g/mol. The molecule has 0 aliphatic carbocycles. The highest BCUT2D eigenvalue weighted by Gasteiger charge is 2.15. The molecule has 3 N–H and O–H groups in total. The number of nitrogens with zero attached hydrogens (tertiary/aromatic N) is 2. The zero-order valence-corrected chi connectivity index (χ0v) is 9.74. The van der Waals surface area contributed by atoms with Crippen LogP contribution in [0.25, 0.3) is 5.65 Å². The normalized spacial score (nSPS) is 11.1. The Balaban J connectivity index is 2.45. The van der Waals surface area contributed by atoms with Gasteiger partial charge in [0.1, 0.15) is 11.3 Å². The molecule has 0 bridgehead atoms. The highest BCUT2D eigenvalue weighted by molar-refractivity contribution is 6.58. The molecule has 0 radical (unpaired) electrons. The minimum Gasteiger partial charge on any atom is -0.423 e. The van der Waals surface area contributed by atoms with Crippen LogP contribution in [0.2, 0.25) is 0 Å². The lowest BCUT2D eigenvalue weighted by molar-refractivity contribution is 0.0964. The summed E-state index contributed by atoms with van der Waals surface area (Å²) in [5, 5.41) is 20.8. The van der Waals surface area contributed by atoms with Gasteiger partial charge in [0.2, 0.25) is 0 Å². The molecule has 92 valence electrons. The second-order valence-electron chi connectivity index (χ2n) is 3.68. The predicted molar refractivity (Wildman–Crippen MR) is 67.3 cm³/mol. The number of hydrogen-bond donors (Lipinski definition) is 3. The van der Waals surface area contributed by atoms with Crippen molar-refractivity contribution in [3.63, 3.8) is 0 Å². The minimum atomic E-state index is -1.58. The molecule has 0 saturated carbocycles. The van der Waals surface area contributed by atoms with Crippen LogP contribution >= 0.6 is 0 Å². The summed E-state index contributed by atoms with van der Waals surface area (Å²) in [5.41, 5.74) is 1.18. The third-order valence-corrected chi connectivity index (χ3v) is 2.44. The van der Waals surface area contributed by atoms with E-state index in [4.69, 9.17) is 10.0 Å². The van der Waals surface area contributed by atoms with Crippen molar-refractivity contribution in [3.05, 3.63) is 42.5 Å². The van der Waals surface area contributed by atoms with Gasteiger partial charge in [-0.2, -0.15) is 0 Å². The van der Waals surface area contributed by atoms with Crippen molar-refractivity contribution in [2.45, 2.75) is 6.92 Å². The summed E-state index contributed by atoms with van der Waals surface area (Å²) >= 11 is 0. The smallest absolute Gasteiger partial charge is 0.423 e. The summed E-state index contributed by atoms with van der Waals surface area (Å²) < 4.78 is 1.51. The number of amides is 1. The highest BCUT2D eigenvalue weighted by atomic mass is 16.4. The van der Waals surface area contributed by atoms with Crippen LogP contribution in [-0.2, 0) is 0 Å². The van der Waals surface area contributed by atoms with Crippen molar-refractivity contribution in [2.75, 3.05) is 0 Å². The van der Waals surface area contributed by atoms with Gasteiger partial charge in [0.25, 0.3) is 5.91 Å². The SMILES string of the molecule is C/C=C/NC(=O)c1cnc2ccc(B(O)O)cn12. The van der Waals surface area contributed by atoms with Gasteiger partial charge in [-0.25, -0.2) is 4.98 Å². The maximum atomic E-state index is 11.8. The number of rotatable bonds is 3. The first-order chi connectivity index (χ1) is 8.63. The van der Waals surface area contributed by atoms with Gasteiger partial charge in [0, 0.05) is 6.20 Å². The van der Waals surface area contributed by atoms with Crippen molar-refractivity contribution in [3.8, 4) is 0 Å². The molecule has 2 aromatic heterocycles. The van der Waals surface area contributed by atoms with E-state index in [0.29, 0.717) is 16.8 Å². The van der Waals surface area contributed by atoms with Crippen LogP contribution in [0.4, 0.5) is 0 Å². The molecule has 0 aromatic carbocycles. The van der Waals surface area contributed by atoms with E-state index in [2.05, 4.69) is 10.3 Å². The number of aromatic nitrogens is 2. The standard InChI is InChI=1S/C11H12BN3O3/c1-2-5-13-11(16)9-6-14-10-4-3-8(12(17)18)7-15(9)10/h2-7,17-18H,1H3,(H,13,16)/b5-2+. The number of pyridine rings is 1. The molecule has 18 heavy (non-hydrogen) atoms. The van der Waals surface area contributed by atoms with Crippen molar-refractivity contribution < 1.29 is 14.8 Å². The molecule has 0 saturated heterocycles. The Kier molecular flexibility index (Phi) is 3.45. The van der Waals surface area contributed by atoms with Crippen LogP contribution in [0, 0.1) is 0 Å². The van der Waals surface area contributed by atoms with Gasteiger partial charge in [-0.3, -0.25) is 9.20 Å². The van der Waals surface area contributed by atoms with Gasteiger partial charge < -0.3 is 15.4 Å². The molecule has 0 aliphatic rings. The fraction of sp³-hybridized carbons (Fsp3) is 0.0909. The molecule has 0 spiro atoms. The molecule has 7 heteroatoms. The van der Waals surface area contributed by atoms with Gasteiger partial charge in [0.05, 0.1) is 6.20 Å². The van der Waals surface area contributed by atoms with Gasteiger partial charge in [-0.05, 0) is 24.7 Å². The number of carbonyl (C=O) groups excluding carboxylic acids is 1. The van der Waals surface area contributed by atoms with Gasteiger partial charge >= 0.3 is 7.12 Å². The molecule has 0 aliphatic heterocycles. The van der Waals surface area contributed by atoms with E-state index in [0.717, 1.165) is 0 Å². The van der Waals surface area contributed by atoms with Crippen molar-refractivity contribution >= 4 is 24.1 Å². The Morgan fingerprint density at radius 3 is 2.94 bits per heavy atom. The Hall–Kier alpha value is -2.12. The van der Waals surface area contributed by atoms with Crippen LogP contribution in [0.5, 0.6) is 0 Å². The Morgan fingerprint density at radius 2 is 2.28 bits per heavy atom. The summed E-state index contributed by atoms with van der Waals surface area (Å²) in [6.45, 7) is 1.79. The zero-order valence-electron chi connectivity index (χ0n) is 9.74. The van der Waals surface area contributed by atoms with Crippen molar-refractivity contribution in [1.29, 1.82) is 0 Å². The lowest BCUT2D eigenvalue weighted by atomic mass is 9.82. The molecule has 0 atom stereocenters. The fourth-order valence-corrected chi connectivity index (χ4v) is 1.55. The molecular formula is C11H12BN3O3. The van der Waals surface area contributed by atoms with Gasteiger partial charge in [-0.1, -0.05) is 12.1 Å². The molecule has 0 unspecified atom stereocenters. The molecule has 6 nitrogen and oxygen atoms in total. The predicted octanol–water partition coefficient (Wildman–Crippen LogP) is -0.723. The average Bonchev–Trinajstić information content (AvgIpc) is 2.78. The van der Waals surface area contributed by atoms with E-state index >= 15 is 0 Å². The molecule has 2 rings (SSSR count). The third kappa shape index (κ3) is 2.27. The first kappa shape index (κ1) is 12.3. The molecule has 2 aromatic rings. The average molecular weight is 245 g/mol. The summed E-state index contributed by atoms with van der Waals surface area (Å²) in [5.74, 6) is -0.315. The van der Waals surface area contributed by atoms with E-state index < -0.39 is 7.12 Å². The lowest BCUT2D eigenvalue weighted by Gasteiger charge is -2.03. The monoisotopic (exact) mass is 245 g/mol.